The number of carbonyl (C=O) groups is 1. The van der Waals surface area contributed by atoms with E-state index in [0.29, 0.717) is 6.42 Å². The topological polar surface area (TPSA) is 84.1 Å². The van der Waals surface area contributed by atoms with Gasteiger partial charge in [0.2, 0.25) is 0 Å². The predicted molar refractivity (Wildman–Crippen MR) is 87.2 cm³/mol. The van der Waals surface area contributed by atoms with E-state index in [2.05, 4.69) is 11.4 Å². The van der Waals surface area contributed by atoms with Crippen LogP contribution in [-0.4, -0.2) is 16.3 Å². The highest BCUT2D eigenvalue weighted by molar-refractivity contribution is 5.84. The Morgan fingerprint density at radius 1 is 1.43 bits per heavy atom. The Kier molecular flexibility index (Phi) is 5.09. The van der Waals surface area contributed by atoms with Gasteiger partial charge in [-0.3, -0.25) is 10.1 Å². The fourth-order valence-corrected chi connectivity index (χ4v) is 2.84. The van der Waals surface area contributed by atoms with Gasteiger partial charge >= 0.3 is 6.09 Å². The van der Waals surface area contributed by atoms with Gasteiger partial charge in [0, 0.05) is 18.2 Å². The molecule has 2 atom stereocenters. The Balaban J connectivity index is 2.17. The molecule has 6 heteroatoms. The number of nitrogens with zero attached hydrogens (tertiary/aromatic N) is 2. The number of nitriles is 1. The van der Waals surface area contributed by atoms with E-state index >= 15 is 0 Å². The maximum Gasteiger partial charge on any atom is 0.412 e. The molecule has 0 aliphatic heterocycles. The molecule has 1 aliphatic rings. The molecule has 1 fully saturated rings. The number of rotatable bonds is 2. The summed E-state index contributed by atoms with van der Waals surface area (Å²) in [7, 11) is 0. The average Bonchev–Trinajstić information content (AvgIpc) is 2.47. The molecule has 1 aromatic rings. The molecule has 0 aromatic carbocycles. The molecule has 1 aliphatic carbocycles. The molecule has 1 heterocycles. The SMILES string of the molecule is CC(C)(C)OC(=O)Nc1cccn([C@H]2CCC[C@@H](C#N)C2)c1=O. The normalized spacial score (nSPS) is 21.3. The Morgan fingerprint density at radius 3 is 2.83 bits per heavy atom. The second-order valence-electron chi connectivity index (χ2n) is 6.91. The molecule has 1 amide bonds. The quantitative estimate of drug-likeness (QED) is 0.905. The minimum atomic E-state index is -0.647. The van der Waals surface area contributed by atoms with Crippen LogP contribution in [0, 0.1) is 17.2 Å². The van der Waals surface area contributed by atoms with Crippen LogP contribution in [-0.2, 0) is 4.74 Å². The lowest BCUT2D eigenvalue weighted by Crippen LogP contribution is -2.33. The van der Waals surface area contributed by atoms with Gasteiger partial charge in [-0.25, -0.2) is 4.79 Å². The van der Waals surface area contributed by atoms with Crippen molar-refractivity contribution in [3.8, 4) is 6.07 Å². The van der Waals surface area contributed by atoms with E-state index in [4.69, 9.17) is 10.00 Å². The van der Waals surface area contributed by atoms with E-state index in [1.165, 1.54) is 0 Å². The van der Waals surface area contributed by atoms with Gasteiger partial charge in [-0.1, -0.05) is 6.42 Å². The number of nitrogens with one attached hydrogen (secondary N) is 1. The molecule has 23 heavy (non-hydrogen) atoms. The minimum absolute atomic E-state index is 0.00119. The van der Waals surface area contributed by atoms with Crippen LogP contribution in [0.15, 0.2) is 23.1 Å². The number of ether oxygens (including phenoxy) is 1. The van der Waals surface area contributed by atoms with Crippen LogP contribution >= 0.6 is 0 Å². The van der Waals surface area contributed by atoms with Crippen molar-refractivity contribution < 1.29 is 9.53 Å². The number of hydrogen-bond acceptors (Lipinski definition) is 4. The summed E-state index contributed by atoms with van der Waals surface area (Å²) < 4.78 is 6.80. The van der Waals surface area contributed by atoms with Crippen molar-refractivity contribution in [2.75, 3.05) is 5.32 Å². The minimum Gasteiger partial charge on any atom is -0.444 e. The van der Waals surface area contributed by atoms with Gasteiger partial charge in [0.05, 0.1) is 6.07 Å². The summed E-state index contributed by atoms with van der Waals surface area (Å²) in [6.45, 7) is 5.29. The fourth-order valence-electron chi connectivity index (χ4n) is 2.84. The maximum absolute atomic E-state index is 12.6. The largest absolute Gasteiger partial charge is 0.444 e. The Hall–Kier alpha value is -2.29. The summed E-state index contributed by atoms with van der Waals surface area (Å²) in [5, 5.41) is 11.6. The Bertz CT molecular complexity index is 667. The third kappa shape index (κ3) is 4.59. The molecule has 0 radical (unpaired) electrons. The summed E-state index contributed by atoms with van der Waals surface area (Å²) in [5.74, 6) is -0.0110. The summed E-state index contributed by atoms with van der Waals surface area (Å²) in [4.78, 5) is 24.4. The number of hydrogen-bond donors (Lipinski definition) is 1. The van der Waals surface area contributed by atoms with Crippen molar-refractivity contribution in [2.45, 2.75) is 58.1 Å². The number of aromatic nitrogens is 1. The highest BCUT2D eigenvalue weighted by Crippen LogP contribution is 2.31. The third-order valence-corrected chi connectivity index (χ3v) is 3.83. The van der Waals surface area contributed by atoms with E-state index in [0.717, 1.165) is 19.3 Å². The molecular formula is C17H23N3O3. The van der Waals surface area contributed by atoms with Gasteiger partial charge in [-0.2, -0.15) is 5.26 Å². The molecule has 1 N–H and O–H groups in total. The first kappa shape index (κ1) is 17.1. The number of anilines is 1. The average molecular weight is 317 g/mol. The zero-order chi connectivity index (χ0) is 17.0. The van der Waals surface area contributed by atoms with Gasteiger partial charge in [-0.15, -0.1) is 0 Å². The molecule has 0 unspecified atom stereocenters. The van der Waals surface area contributed by atoms with Gasteiger partial charge < -0.3 is 9.30 Å². The summed E-state index contributed by atoms with van der Waals surface area (Å²) in [5.41, 5.74) is -0.691. The van der Waals surface area contributed by atoms with Crippen molar-refractivity contribution in [3.63, 3.8) is 0 Å². The van der Waals surface area contributed by atoms with Crippen molar-refractivity contribution >= 4 is 11.8 Å². The lowest BCUT2D eigenvalue weighted by molar-refractivity contribution is 0.0635. The first-order chi connectivity index (χ1) is 10.8. The standard InChI is InChI=1S/C17H23N3O3/c1-17(2,3)23-16(22)19-14-8-5-9-20(15(14)21)13-7-4-6-12(10-13)11-18/h5,8-9,12-13H,4,6-7,10H2,1-3H3,(H,19,22)/t12-,13+/m1/s1. The fraction of sp³-hybridized carbons (Fsp3) is 0.588. The van der Waals surface area contributed by atoms with E-state index in [1.54, 1.807) is 43.7 Å². The number of pyridine rings is 1. The van der Waals surface area contributed by atoms with Gasteiger partial charge in [0.1, 0.15) is 11.3 Å². The monoisotopic (exact) mass is 317 g/mol. The Morgan fingerprint density at radius 2 is 2.17 bits per heavy atom. The van der Waals surface area contributed by atoms with Crippen molar-refractivity contribution in [1.29, 1.82) is 5.26 Å². The van der Waals surface area contributed by atoms with E-state index in [9.17, 15) is 9.59 Å². The van der Waals surface area contributed by atoms with Crippen molar-refractivity contribution in [2.24, 2.45) is 5.92 Å². The highest BCUT2D eigenvalue weighted by Gasteiger charge is 2.24. The van der Waals surface area contributed by atoms with Crippen LogP contribution < -0.4 is 10.9 Å². The number of carbonyl (C=O) groups excluding carboxylic acids is 1. The molecule has 6 nitrogen and oxygen atoms in total. The van der Waals surface area contributed by atoms with Gasteiger partial charge in [-0.05, 0) is 52.2 Å². The smallest absolute Gasteiger partial charge is 0.412 e. The molecule has 1 saturated carbocycles. The predicted octanol–water partition coefficient (Wildman–Crippen LogP) is 3.45. The molecule has 124 valence electrons. The van der Waals surface area contributed by atoms with Crippen LogP contribution in [0.1, 0.15) is 52.5 Å². The first-order valence-corrected chi connectivity index (χ1v) is 7.91. The van der Waals surface area contributed by atoms with E-state index in [1.807, 2.05) is 0 Å². The van der Waals surface area contributed by atoms with Crippen LogP contribution in [0.5, 0.6) is 0 Å². The zero-order valence-corrected chi connectivity index (χ0v) is 13.8. The summed E-state index contributed by atoms with van der Waals surface area (Å²) in [6.07, 6.45) is 4.43. The van der Waals surface area contributed by atoms with Crippen molar-refractivity contribution in [3.05, 3.63) is 28.7 Å². The lowest BCUT2D eigenvalue weighted by Gasteiger charge is -2.27. The molecular weight excluding hydrogens is 294 g/mol. The molecule has 1 aromatic heterocycles. The number of amides is 1. The molecule has 0 bridgehead atoms. The Labute approximate surface area is 136 Å². The molecule has 2 rings (SSSR count). The van der Waals surface area contributed by atoms with E-state index < -0.39 is 11.7 Å². The van der Waals surface area contributed by atoms with Gasteiger partial charge in [0.25, 0.3) is 5.56 Å². The van der Waals surface area contributed by atoms with Crippen LogP contribution in [0.25, 0.3) is 0 Å². The zero-order valence-electron chi connectivity index (χ0n) is 13.8. The second kappa shape index (κ2) is 6.86. The third-order valence-electron chi connectivity index (χ3n) is 3.83. The second-order valence-corrected chi connectivity index (χ2v) is 6.91. The van der Waals surface area contributed by atoms with Crippen molar-refractivity contribution in [1.82, 2.24) is 4.57 Å². The lowest BCUT2D eigenvalue weighted by atomic mass is 9.86. The summed E-state index contributed by atoms with van der Waals surface area (Å²) >= 11 is 0. The molecule has 0 spiro atoms. The summed E-state index contributed by atoms with van der Waals surface area (Å²) in [6, 6.07) is 5.58. The van der Waals surface area contributed by atoms with Crippen LogP contribution in [0.4, 0.5) is 10.5 Å². The van der Waals surface area contributed by atoms with Crippen LogP contribution in [0.3, 0.4) is 0 Å². The van der Waals surface area contributed by atoms with E-state index in [-0.39, 0.29) is 23.2 Å². The van der Waals surface area contributed by atoms with Crippen LogP contribution in [0.2, 0.25) is 0 Å². The molecule has 0 saturated heterocycles. The first-order valence-electron chi connectivity index (χ1n) is 7.91. The van der Waals surface area contributed by atoms with Gasteiger partial charge in [0.15, 0.2) is 0 Å². The highest BCUT2D eigenvalue weighted by atomic mass is 16.6. The maximum atomic E-state index is 12.6.